The molecule has 0 spiro atoms. The minimum Gasteiger partial charge on any atom is -0.352 e. The zero-order chi connectivity index (χ0) is 20.1. The van der Waals surface area contributed by atoms with Gasteiger partial charge in [-0.2, -0.15) is 4.31 Å². The number of benzene rings is 2. The topological polar surface area (TPSA) is 66.5 Å². The molecule has 0 saturated carbocycles. The number of nitrogens with zero attached hydrogens (tertiary/aromatic N) is 1. The highest BCUT2D eigenvalue weighted by molar-refractivity contribution is 7.89. The fraction of sp³-hybridized carbons (Fsp3) is 0.381. The molecule has 1 amide bonds. The van der Waals surface area contributed by atoms with Crippen LogP contribution < -0.4 is 5.32 Å². The Morgan fingerprint density at radius 1 is 1.14 bits per heavy atom. The SMILES string of the molecule is CC1CCN(S(=O)(=O)c2ccc(F)c(C(=O)NCCc3ccccc3)c2)CC1. The number of hydrogen-bond donors (Lipinski definition) is 1. The highest BCUT2D eigenvalue weighted by Gasteiger charge is 2.29. The molecule has 2 aromatic rings. The van der Waals surface area contributed by atoms with Crippen molar-refractivity contribution in [3.8, 4) is 0 Å². The molecule has 0 bridgehead atoms. The molecular weight excluding hydrogens is 379 g/mol. The zero-order valence-corrected chi connectivity index (χ0v) is 16.7. The van der Waals surface area contributed by atoms with Crippen molar-refractivity contribution in [3.05, 3.63) is 65.5 Å². The van der Waals surface area contributed by atoms with Gasteiger partial charge in [0.1, 0.15) is 5.82 Å². The first-order valence-corrected chi connectivity index (χ1v) is 10.9. The van der Waals surface area contributed by atoms with E-state index < -0.39 is 21.7 Å². The van der Waals surface area contributed by atoms with Crippen LogP contribution in [0.25, 0.3) is 0 Å². The number of rotatable bonds is 6. The Hall–Kier alpha value is -2.25. The van der Waals surface area contributed by atoms with Gasteiger partial charge < -0.3 is 5.32 Å². The molecule has 7 heteroatoms. The predicted octanol–water partition coefficient (Wildman–Crippen LogP) is 3.22. The summed E-state index contributed by atoms with van der Waals surface area (Å²) in [4.78, 5) is 12.3. The number of hydrogen-bond acceptors (Lipinski definition) is 3. The van der Waals surface area contributed by atoms with Crippen LogP contribution in [-0.4, -0.2) is 38.3 Å². The maximum Gasteiger partial charge on any atom is 0.254 e. The third-order valence-corrected chi connectivity index (χ3v) is 7.00. The van der Waals surface area contributed by atoms with E-state index in [1.54, 1.807) is 0 Å². The average molecular weight is 405 g/mol. The molecule has 2 aromatic carbocycles. The van der Waals surface area contributed by atoms with Crippen LogP contribution >= 0.6 is 0 Å². The van der Waals surface area contributed by atoms with E-state index >= 15 is 0 Å². The van der Waals surface area contributed by atoms with Gasteiger partial charge in [-0.05, 0) is 48.9 Å². The minimum atomic E-state index is -3.74. The summed E-state index contributed by atoms with van der Waals surface area (Å²) in [5.41, 5.74) is 0.804. The molecule has 1 fully saturated rings. The molecule has 150 valence electrons. The second-order valence-electron chi connectivity index (χ2n) is 7.22. The first kappa shape index (κ1) is 20.5. The monoisotopic (exact) mass is 404 g/mol. The summed E-state index contributed by atoms with van der Waals surface area (Å²) in [6.07, 6.45) is 2.21. The molecule has 1 aliphatic heterocycles. The zero-order valence-electron chi connectivity index (χ0n) is 15.9. The van der Waals surface area contributed by atoms with Gasteiger partial charge in [0.15, 0.2) is 0 Å². The first-order valence-electron chi connectivity index (χ1n) is 9.50. The largest absolute Gasteiger partial charge is 0.352 e. The number of amides is 1. The Kier molecular flexibility index (Phi) is 6.46. The van der Waals surface area contributed by atoms with Crippen LogP contribution in [0.4, 0.5) is 4.39 Å². The van der Waals surface area contributed by atoms with Crippen molar-refractivity contribution < 1.29 is 17.6 Å². The van der Waals surface area contributed by atoms with Crippen LogP contribution in [0.15, 0.2) is 53.4 Å². The smallest absolute Gasteiger partial charge is 0.254 e. The van der Waals surface area contributed by atoms with Crippen molar-refractivity contribution in [2.24, 2.45) is 5.92 Å². The van der Waals surface area contributed by atoms with E-state index in [-0.39, 0.29) is 10.5 Å². The highest BCUT2D eigenvalue weighted by Crippen LogP contribution is 2.24. The molecule has 0 aromatic heterocycles. The van der Waals surface area contributed by atoms with Crippen LogP contribution in [0.5, 0.6) is 0 Å². The van der Waals surface area contributed by atoms with Crippen molar-refractivity contribution in [1.82, 2.24) is 9.62 Å². The Bertz CT molecular complexity index is 924. The normalized spacial score (nSPS) is 16.1. The van der Waals surface area contributed by atoms with Crippen molar-refractivity contribution in [2.45, 2.75) is 31.1 Å². The van der Waals surface area contributed by atoms with Crippen molar-refractivity contribution in [1.29, 1.82) is 0 Å². The number of nitrogens with one attached hydrogen (secondary N) is 1. The number of carbonyl (C=O) groups is 1. The first-order chi connectivity index (χ1) is 13.4. The summed E-state index contributed by atoms with van der Waals surface area (Å²) in [5.74, 6) is -0.855. The van der Waals surface area contributed by atoms with Crippen molar-refractivity contribution in [2.75, 3.05) is 19.6 Å². The van der Waals surface area contributed by atoms with E-state index in [0.29, 0.717) is 32.0 Å². The Morgan fingerprint density at radius 3 is 2.50 bits per heavy atom. The summed E-state index contributed by atoms with van der Waals surface area (Å²) in [7, 11) is -3.74. The van der Waals surface area contributed by atoms with E-state index in [1.807, 2.05) is 30.3 Å². The van der Waals surface area contributed by atoms with E-state index in [9.17, 15) is 17.6 Å². The second kappa shape index (κ2) is 8.84. The summed E-state index contributed by atoms with van der Waals surface area (Å²) in [6, 6.07) is 13.0. The lowest BCUT2D eigenvalue weighted by atomic mass is 10.0. The Balaban J connectivity index is 1.71. The summed E-state index contributed by atoms with van der Waals surface area (Å²) in [6.45, 7) is 3.32. The lowest BCUT2D eigenvalue weighted by molar-refractivity contribution is 0.0950. The number of sulfonamides is 1. The van der Waals surface area contributed by atoms with Gasteiger partial charge in [0.2, 0.25) is 10.0 Å². The summed E-state index contributed by atoms with van der Waals surface area (Å²) >= 11 is 0. The maximum absolute atomic E-state index is 14.2. The van der Waals surface area contributed by atoms with E-state index in [1.165, 1.54) is 10.4 Å². The molecule has 1 aliphatic rings. The Labute approximate surface area is 165 Å². The van der Waals surface area contributed by atoms with Gasteiger partial charge in [0, 0.05) is 19.6 Å². The van der Waals surface area contributed by atoms with Crippen LogP contribution in [-0.2, 0) is 16.4 Å². The third kappa shape index (κ3) is 4.77. The molecule has 1 N–H and O–H groups in total. The minimum absolute atomic E-state index is 0.0448. The fourth-order valence-corrected chi connectivity index (χ4v) is 4.77. The third-order valence-electron chi connectivity index (χ3n) is 5.10. The molecule has 0 atom stereocenters. The van der Waals surface area contributed by atoms with Crippen LogP contribution in [0, 0.1) is 11.7 Å². The molecule has 0 radical (unpaired) electrons. The standard InChI is InChI=1S/C21H25FN2O3S/c1-16-10-13-24(14-11-16)28(26,27)18-7-8-20(22)19(15-18)21(25)23-12-9-17-5-3-2-4-6-17/h2-8,15-16H,9-14H2,1H3,(H,23,25). The number of halogens is 1. The van der Waals surface area contributed by atoms with Crippen LogP contribution in [0.3, 0.4) is 0 Å². The van der Waals surface area contributed by atoms with Crippen molar-refractivity contribution >= 4 is 15.9 Å². The molecule has 1 heterocycles. The highest BCUT2D eigenvalue weighted by atomic mass is 32.2. The van der Waals surface area contributed by atoms with Gasteiger partial charge in [-0.25, -0.2) is 12.8 Å². The summed E-state index contributed by atoms with van der Waals surface area (Å²) < 4.78 is 41.3. The van der Waals surface area contributed by atoms with Crippen molar-refractivity contribution in [3.63, 3.8) is 0 Å². The Morgan fingerprint density at radius 2 is 1.82 bits per heavy atom. The lowest BCUT2D eigenvalue weighted by Gasteiger charge is -2.29. The van der Waals surface area contributed by atoms with Crippen LogP contribution in [0.2, 0.25) is 0 Å². The number of piperidine rings is 1. The average Bonchev–Trinajstić information content (AvgIpc) is 2.69. The quantitative estimate of drug-likeness (QED) is 0.804. The van der Waals surface area contributed by atoms with Gasteiger partial charge in [0.05, 0.1) is 10.5 Å². The molecule has 0 aliphatic carbocycles. The van der Waals surface area contributed by atoms with Gasteiger partial charge in [-0.15, -0.1) is 0 Å². The predicted molar refractivity (Wildman–Crippen MR) is 106 cm³/mol. The van der Waals surface area contributed by atoms with Gasteiger partial charge in [0.25, 0.3) is 5.91 Å². The molecule has 3 rings (SSSR count). The van der Waals surface area contributed by atoms with Gasteiger partial charge in [-0.3, -0.25) is 4.79 Å². The van der Waals surface area contributed by atoms with Gasteiger partial charge in [-0.1, -0.05) is 37.3 Å². The van der Waals surface area contributed by atoms with E-state index in [2.05, 4.69) is 12.2 Å². The molecule has 1 saturated heterocycles. The molecule has 0 unspecified atom stereocenters. The maximum atomic E-state index is 14.2. The fourth-order valence-electron chi connectivity index (χ4n) is 3.27. The van der Waals surface area contributed by atoms with Gasteiger partial charge >= 0.3 is 0 Å². The number of carbonyl (C=O) groups excluding carboxylic acids is 1. The van der Waals surface area contributed by atoms with Crippen LogP contribution in [0.1, 0.15) is 35.7 Å². The lowest BCUT2D eigenvalue weighted by Crippen LogP contribution is -2.38. The van der Waals surface area contributed by atoms with E-state index in [0.717, 1.165) is 30.5 Å². The molecule has 28 heavy (non-hydrogen) atoms. The summed E-state index contributed by atoms with van der Waals surface area (Å²) in [5, 5.41) is 2.66. The molecular formula is C21H25FN2O3S. The second-order valence-corrected chi connectivity index (χ2v) is 9.16. The van der Waals surface area contributed by atoms with E-state index in [4.69, 9.17) is 0 Å². The molecule has 5 nitrogen and oxygen atoms in total.